The zero-order valence-corrected chi connectivity index (χ0v) is 13.9. The van der Waals surface area contributed by atoms with Crippen molar-refractivity contribution in [3.8, 4) is 0 Å². The minimum Gasteiger partial charge on any atom is -0.324 e. The van der Waals surface area contributed by atoms with Crippen LogP contribution in [0.5, 0.6) is 0 Å². The lowest BCUT2D eigenvalue weighted by Crippen LogP contribution is -2.39. The molecule has 2 aliphatic rings. The number of fused-ring (bicyclic) bond motifs is 1. The third-order valence-corrected chi connectivity index (χ3v) is 6.73. The molecule has 0 radical (unpaired) electrons. The van der Waals surface area contributed by atoms with Crippen molar-refractivity contribution in [2.24, 2.45) is 5.92 Å². The van der Waals surface area contributed by atoms with E-state index < -0.39 is 21.7 Å². The summed E-state index contributed by atoms with van der Waals surface area (Å²) in [7, 11) is -3.67. The van der Waals surface area contributed by atoms with Gasteiger partial charge in [-0.3, -0.25) is 4.79 Å². The number of benzene rings is 1. The van der Waals surface area contributed by atoms with Gasteiger partial charge in [0.25, 0.3) is 0 Å². The molecule has 5 nitrogen and oxygen atoms in total. The van der Waals surface area contributed by atoms with Crippen LogP contribution in [-0.4, -0.2) is 31.2 Å². The maximum Gasteiger partial charge on any atom is 0.243 e. The van der Waals surface area contributed by atoms with E-state index in [0.29, 0.717) is 12.5 Å². The first-order valence-electron chi connectivity index (χ1n) is 7.98. The normalized spacial score (nSPS) is 25.1. The Hall–Kier alpha value is -1.47. The highest BCUT2D eigenvalue weighted by atomic mass is 32.2. The van der Waals surface area contributed by atoms with Crippen LogP contribution in [0.25, 0.3) is 0 Å². The van der Waals surface area contributed by atoms with E-state index >= 15 is 0 Å². The average Bonchev–Trinajstić information content (AvgIpc) is 2.93. The number of carbonyl (C=O) groups is 1. The third-order valence-electron chi connectivity index (χ3n) is 4.81. The molecule has 1 aliphatic heterocycles. The van der Waals surface area contributed by atoms with Crippen molar-refractivity contribution in [3.05, 3.63) is 24.0 Å². The highest BCUT2D eigenvalue weighted by Crippen LogP contribution is 2.39. The van der Waals surface area contributed by atoms with Gasteiger partial charge >= 0.3 is 0 Å². The van der Waals surface area contributed by atoms with Gasteiger partial charge in [0.2, 0.25) is 15.9 Å². The van der Waals surface area contributed by atoms with Gasteiger partial charge < -0.3 is 5.32 Å². The summed E-state index contributed by atoms with van der Waals surface area (Å²) in [5.41, 5.74) is -0.0991. The fourth-order valence-electron chi connectivity index (χ4n) is 3.75. The molecule has 0 spiro atoms. The lowest BCUT2D eigenvalue weighted by molar-refractivity contribution is -0.114. The molecule has 1 saturated carbocycles. The van der Waals surface area contributed by atoms with Gasteiger partial charge in [0.1, 0.15) is 5.82 Å². The minimum atomic E-state index is -3.67. The van der Waals surface area contributed by atoms with Gasteiger partial charge in [0.15, 0.2) is 0 Å². The van der Waals surface area contributed by atoms with Gasteiger partial charge in [-0.2, -0.15) is 4.31 Å². The molecule has 7 heteroatoms. The summed E-state index contributed by atoms with van der Waals surface area (Å²) in [6, 6.07) is 3.63. The van der Waals surface area contributed by atoms with Gasteiger partial charge in [0, 0.05) is 19.5 Å². The summed E-state index contributed by atoms with van der Waals surface area (Å²) >= 11 is 0. The van der Waals surface area contributed by atoms with E-state index in [2.05, 4.69) is 5.32 Å². The first kappa shape index (κ1) is 16.4. The van der Waals surface area contributed by atoms with Crippen molar-refractivity contribution < 1.29 is 17.6 Å². The number of nitrogens with one attached hydrogen (secondary N) is 1. The van der Waals surface area contributed by atoms with Crippen LogP contribution in [0.2, 0.25) is 0 Å². The molecule has 1 aromatic carbocycles. The van der Waals surface area contributed by atoms with Gasteiger partial charge in [-0.15, -0.1) is 0 Å². The van der Waals surface area contributed by atoms with Crippen LogP contribution in [-0.2, 0) is 14.8 Å². The number of anilines is 1. The van der Waals surface area contributed by atoms with Crippen molar-refractivity contribution in [1.82, 2.24) is 4.31 Å². The van der Waals surface area contributed by atoms with Crippen LogP contribution in [0.15, 0.2) is 23.1 Å². The molecule has 2 fully saturated rings. The second-order valence-electron chi connectivity index (χ2n) is 6.34. The zero-order valence-electron chi connectivity index (χ0n) is 13.1. The van der Waals surface area contributed by atoms with E-state index in [-0.39, 0.29) is 16.6 Å². The number of rotatable bonds is 3. The molecule has 0 unspecified atom stereocenters. The van der Waals surface area contributed by atoms with Gasteiger partial charge in [-0.1, -0.05) is 12.8 Å². The van der Waals surface area contributed by atoms with Crippen molar-refractivity contribution in [2.45, 2.75) is 50.0 Å². The molecule has 1 aliphatic carbocycles. The molecule has 23 heavy (non-hydrogen) atoms. The second-order valence-corrected chi connectivity index (χ2v) is 8.23. The Morgan fingerprint density at radius 1 is 1.26 bits per heavy atom. The number of halogens is 1. The predicted molar refractivity (Wildman–Crippen MR) is 85.0 cm³/mol. The molecular formula is C16H21FN2O3S. The maximum absolute atomic E-state index is 13.7. The standard InChI is InChI=1S/C16H21FN2O3S/c1-11(20)18-15-10-13(6-7-14(15)17)23(21,22)19-9-8-12-4-2-3-5-16(12)19/h6-7,10,12,16H,2-5,8-9H2,1H3,(H,18,20)/t12-,16+/m0/s1. The summed E-state index contributed by atoms with van der Waals surface area (Å²) < 4.78 is 41.2. The van der Waals surface area contributed by atoms with Crippen LogP contribution in [0, 0.1) is 11.7 Å². The highest BCUT2D eigenvalue weighted by Gasteiger charge is 2.42. The van der Waals surface area contributed by atoms with E-state index in [9.17, 15) is 17.6 Å². The predicted octanol–water partition coefficient (Wildman–Crippen LogP) is 2.74. The van der Waals surface area contributed by atoms with Gasteiger partial charge in [-0.25, -0.2) is 12.8 Å². The van der Waals surface area contributed by atoms with Crippen molar-refractivity contribution in [2.75, 3.05) is 11.9 Å². The fourth-order valence-corrected chi connectivity index (χ4v) is 5.50. The van der Waals surface area contributed by atoms with Crippen LogP contribution in [0.3, 0.4) is 0 Å². The molecule has 0 bridgehead atoms. The smallest absolute Gasteiger partial charge is 0.243 e. The van der Waals surface area contributed by atoms with E-state index in [4.69, 9.17) is 0 Å². The van der Waals surface area contributed by atoms with Gasteiger partial charge in [-0.05, 0) is 43.4 Å². The van der Waals surface area contributed by atoms with E-state index in [0.717, 1.165) is 38.2 Å². The molecular weight excluding hydrogens is 319 g/mol. The Bertz CT molecular complexity index is 720. The number of nitrogens with zero attached hydrogens (tertiary/aromatic N) is 1. The second kappa shape index (κ2) is 6.20. The Kier molecular flexibility index (Phi) is 4.42. The SMILES string of the molecule is CC(=O)Nc1cc(S(=O)(=O)N2CC[C@@H]3CCCC[C@H]32)ccc1F. The Morgan fingerprint density at radius 2 is 2.00 bits per heavy atom. The van der Waals surface area contributed by atoms with Gasteiger partial charge in [0.05, 0.1) is 10.6 Å². The molecule has 1 aromatic rings. The number of hydrogen-bond donors (Lipinski definition) is 1. The Labute approximate surface area is 135 Å². The average molecular weight is 340 g/mol. The van der Waals surface area contributed by atoms with E-state index in [1.165, 1.54) is 19.1 Å². The lowest BCUT2D eigenvalue weighted by atomic mass is 9.86. The molecule has 0 aromatic heterocycles. The number of sulfonamides is 1. The lowest BCUT2D eigenvalue weighted by Gasteiger charge is -2.31. The molecule has 1 heterocycles. The highest BCUT2D eigenvalue weighted by molar-refractivity contribution is 7.89. The first-order valence-corrected chi connectivity index (χ1v) is 9.42. The summed E-state index contributed by atoms with van der Waals surface area (Å²) in [5.74, 6) is -0.642. The Balaban J connectivity index is 1.92. The summed E-state index contributed by atoms with van der Waals surface area (Å²) in [6.45, 7) is 1.78. The zero-order chi connectivity index (χ0) is 16.6. The topological polar surface area (TPSA) is 66.5 Å². The Morgan fingerprint density at radius 3 is 2.74 bits per heavy atom. The van der Waals surface area contributed by atoms with Crippen molar-refractivity contribution in [3.63, 3.8) is 0 Å². The minimum absolute atomic E-state index is 0.0360. The summed E-state index contributed by atoms with van der Waals surface area (Å²) in [5, 5.41) is 2.34. The molecule has 1 saturated heterocycles. The quantitative estimate of drug-likeness (QED) is 0.920. The molecule has 1 amide bonds. The number of carbonyl (C=O) groups excluding carboxylic acids is 1. The summed E-state index contributed by atoms with van der Waals surface area (Å²) in [6.07, 6.45) is 5.08. The molecule has 2 atom stereocenters. The molecule has 126 valence electrons. The number of hydrogen-bond acceptors (Lipinski definition) is 3. The van der Waals surface area contributed by atoms with Crippen LogP contribution < -0.4 is 5.32 Å². The maximum atomic E-state index is 13.7. The van der Waals surface area contributed by atoms with E-state index in [1.807, 2.05) is 0 Å². The summed E-state index contributed by atoms with van der Waals surface area (Å²) in [4.78, 5) is 11.2. The van der Waals surface area contributed by atoms with Crippen LogP contribution >= 0.6 is 0 Å². The van der Waals surface area contributed by atoms with E-state index in [1.54, 1.807) is 4.31 Å². The van der Waals surface area contributed by atoms with Crippen molar-refractivity contribution >= 4 is 21.6 Å². The fraction of sp³-hybridized carbons (Fsp3) is 0.562. The van der Waals surface area contributed by atoms with Crippen LogP contribution in [0.4, 0.5) is 10.1 Å². The monoisotopic (exact) mass is 340 g/mol. The largest absolute Gasteiger partial charge is 0.324 e. The van der Waals surface area contributed by atoms with Crippen molar-refractivity contribution in [1.29, 1.82) is 0 Å². The molecule has 1 N–H and O–H groups in total. The first-order chi connectivity index (χ1) is 10.9. The molecule has 3 rings (SSSR count). The number of amides is 1. The van der Waals surface area contributed by atoms with Crippen LogP contribution in [0.1, 0.15) is 39.0 Å². The third kappa shape index (κ3) is 3.12.